The van der Waals surface area contributed by atoms with Crippen LogP contribution >= 0.6 is 7.82 Å². The second-order valence-corrected chi connectivity index (χ2v) is 13.8. The maximum Gasteiger partial charge on any atom is 0.474 e. The van der Waals surface area contributed by atoms with Crippen LogP contribution in [-0.4, -0.2) is 70.0 Å². The average Bonchev–Trinajstić information content (AvgIpc) is 2.92. The quantitative estimate of drug-likeness (QED) is 0.0792. The van der Waals surface area contributed by atoms with Crippen LogP contribution in [-0.2, 0) is 23.1 Å². The van der Waals surface area contributed by atoms with Crippen LogP contribution in [0.1, 0.15) is 106 Å². The van der Waals surface area contributed by atoms with E-state index in [2.05, 4.69) is 64.2 Å². The van der Waals surface area contributed by atoms with Gasteiger partial charge in [0.15, 0.2) is 6.29 Å². The van der Waals surface area contributed by atoms with Crippen molar-refractivity contribution in [3.8, 4) is 0 Å². The number of hydrogen-bond donors (Lipinski definition) is 5. The third-order valence-corrected chi connectivity index (χ3v) is 8.64. The molecule has 7 atom stereocenters. The van der Waals surface area contributed by atoms with Gasteiger partial charge in [0.1, 0.15) is 24.4 Å². The monoisotopic (exact) mass is 643 g/mol. The summed E-state index contributed by atoms with van der Waals surface area (Å²) in [5.74, 6) is -0.340. The molecule has 1 aliphatic heterocycles. The van der Waals surface area contributed by atoms with Crippen LogP contribution in [0.3, 0.4) is 0 Å². The van der Waals surface area contributed by atoms with E-state index < -0.39 is 51.0 Å². The Balaban J connectivity index is 2.39. The second-order valence-electron chi connectivity index (χ2n) is 12.4. The fourth-order valence-corrected chi connectivity index (χ4v) is 5.68. The predicted molar refractivity (Wildman–Crippen MR) is 174 cm³/mol. The molecule has 0 bridgehead atoms. The third-order valence-electron chi connectivity index (χ3n) is 7.66. The lowest BCUT2D eigenvalue weighted by atomic mass is 9.97. The number of nitrogens with one attached hydrogen (secondary N) is 1. The van der Waals surface area contributed by atoms with Crippen LogP contribution in [0.15, 0.2) is 46.6 Å². The normalized spacial score (nSPS) is 25.3. The molecule has 0 aromatic heterocycles. The molecule has 0 saturated carbocycles. The largest absolute Gasteiger partial charge is 0.474 e. The van der Waals surface area contributed by atoms with Crippen LogP contribution in [0, 0.1) is 5.92 Å². The molecule has 0 radical (unpaired) electrons. The summed E-state index contributed by atoms with van der Waals surface area (Å²) in [7, 11) is -4.64. The summed E-state index contributed by atoms with van der Waals surface area (Å²) in [5, 5.41) is 32.1. The highest BCUT2D eigenvalue weighted by Gasteiger charge is 2.47. The van der Waals surface area contributed by atoms with E-state index in [1.54, 1.807) is 0 Å². The van der Waals surface area contributed by atoms with Gasteiger partial charge in [0.25, 0.3) is 0 Å². The molecule has 1 saturated heterocycles. The Hall–Kier alpha value is -1.62. The van der Waals surface area contributed by atoms with Gasteiger partial charge >= 0.3 is 7.82 Å². The van der Waals surface area contributed by atoms with E-state index in [9.17, 15) is 29.6 Å². The third kappa shape index (κ3) is 17.2. The van der Waals surface area contributed by atoms with E-state index in [0.717, 1.165) is 51.4 Å². The van der Waals surface area contributed by atoms with E-state index in [1.165, 1.54) is 29.2 Å². The van der Waals surface area contributed by atoms with Crippen LogP contribution in [0.25, 0.3) is 0 Å². The molecule has 44 heavy (non-hydrogen) atoms. The smallest absolute Gasteiger partial charge is 0.394 e. The molecular weight excluding hydrogens is 585 g/mol. The Bertz CT molecular complexity index is 1030. The van der Waals surface area contributed by atoms with E-state index in [-0.39, 0.29) is 12.5 Å². The zero-order chi connectivity index (χ0) is 33.3. The summed E-state index contributed by atoms with van der Waals surface area (Å²) < 4.78 is 28.1. The van der Waals surface area contributed by atoms with Crippen molar-refractivity contribution in [2.75, 3.05) is 13.2 Å². The number of phosphoric acid groups is 1. The first-order chi connectivity index (χ1) is 20.6. The zero-order valence-corrected chi connectivity index (χ0v) is 28.7. The molecule has 1 aliphatic rings. The summed E-state index contributed by atoms with van der Waals surface area (Å²) in [6, 6.07) is -1.34. The SMILES string of the molecule is CC(=O)N[C@H]1[C@@H](OP(=O)(O)OCCC(C)CC/C=C(/C)CC/C=C(\C)CC/C=C(\C)CCC=C(C)C)O[C@H](CO)[C@@H](O)[C@@H]1O. The van der Waals surface area contributed by atoms with Crippen molar-refractivity contribution in [2.24, 2.45) is 5.92 Å². The lowest BCUT2D eigenvalue weighted by Crippen LogP contribution is -2.64. The van der Waals surface area contributed by atoms with E-state index in [4.69, 9.17) is 13.8 Å². The molecule has 11 heteroatoms. The Labute approximate surface area is 264 Å². The molecule has 1 fully saturated rings. The highest BCUT2D eigenvalue weighted by Crippen LogP contribution is 2.46. The summed E-state index contributed by atoms with van der Waals surface area (Å²) >= 11 is 0. The summed E-state index contributed by atoms with van der Waals surface area (Å²) in [5.41, 5.74) is 5.60. The number of aliphatic hydroxyl groups is 3. The lowest BCUT2D eigenvalue weighted by Gasteiger charge is -2.42. The maximum atomic E-state index is 12.6. The van der Waals surface area contributed by atoms with Crippen LogP contribution < -0.4 is 5.32 Å². The number of amides is 1. The number of carbonyl (C=O) groups excluding carboxylic acids is 1. The van der Waals surface area contributed by atoms with E-state index >= 15 is 0 Å². The van der Waals surface area contributed by atoms with Crippen molar-refractivity contribution in [3.05, 3.63) is 46.6 Å². The minimum atomic E-state index is -4.64. The van der Waals surface area contributed by atoms with Gasteiger partial charge < -0.3 is 30.3 Å². The minimum absolute atomic E-state index is 0.0436. The predicted octanol–water partition coefficient (Wildman–Crippen LogP) is 6.02. The Morgan fingerprint density at radius 1 is 0.864 bits per heavy atom. The van der Waals surface area contributed by atoms with Crippen LogP contribution in [0.2, 0.25) is 0 Å². The van der Waals surface area contributed by atoms with E-state index in [1.807, 2.05) is 6.92 Å². The number of allylic oxidation sites excluding steroid dienone is 8. The number of aliphatic hydroxyl groups excluding tert-OH is 3. The molecule has 0 aromatic rings. The first-order valence-electron chi connectivity index (χ1n) is 15.8. The molecule has 0 aliphatic carbocycles. The number of phosphoric ester groups is 1. The Morgan fingerprint density at radius 2 is 1.39 bits per heavy atom. The first kappa shape index (κ1) is 40.4. The highest BCUT2D eigenvalue weighted by molar-refractivity contribution is 7.47. The van der Waals surface area contributed by atoms with Crippen molar-refractivity contribution in [1.82, 2.24) is 5.32 Å². The van der Waals surface area contributed by atoms with Crippen molar-refractivity contribution in [3.63, 3.8) is 0 Å². The molecule has 0 aromatic carbocycles. The zero-order valence-electron chi connectivity index (χ0n) is 27.8. The Kier molecular flexibility index (Phi) is 19.5. The van der Waals surface area contributed by atoms with Crippen molar-refractivity contribution < 1.29 is 43.4 Å². The number of carbonyl (C=O) groups is 1. The van der Waals surface area contributed by atoms with Gasteiger partial charge in [0, 0.05) is 6.92 Å². The van der Waals surface area contributed by atoms with Gasteiger partial charge in [-0.1, -0.05) is 53.5 Å². The number of rotatable bonds is 20. The summed E-state index contributed by atoms with van der Waals surface area (Å²) in [6.07, 6.45) is 12.0. The van der Waals surface area contributed by atoms with Gasteiger partial charge in [-0.25, -0.2) is 4.57 Å². The molecule has 5 N–H and O–H groups in total. The first-order valence-corrected chi connectivity index (χ1v) is 17.3. The molecule has 1 rings (SSSR count). The average molecular weight is 644 g/mol. The van der Waals surface area contributed by atoms with Gasteiger partial charge in [0.2, 0.25) is 5.91 Å². The topological polar surface area (TPSA) is 155 Å². The molecule has 2 unspecified atom stereocenters. The molecule has 10 nitrogen and oxygen atoms in total. The van der Waals surface area contributed by atoms with E-state index in [0.29, 0.717) is 6.42 Å². The maximum absolute atomic E-state index is 12.6. The fraction of sp³-hybridized carbons (Fsp3) is 0.727. The van der Waals surface area contributed by atoms with Crippen LogP contribution in [0.5, 0.6) is 0 Å². The molecule has 1 amide bonds. The molecule has 254 valence electrons. The number of ether oxygens (including phenoxy) is 1. The summed E-state index contributed by atoms with van der Waals surface area (Å²) in [4.78, 5) is 21.8. The molecule has 1 heterocycles. The number of hydrogen-bond acceptors (Lipinski definition) is 8. The van der Waals surface area contributed by atoms with Gasteiger partial charge in [-0.3, -0.25) is 13.8 Å². The van der Waals surface area contributed by atoms with Gasteiger partial charge in [-0.2, -0.15) is 0 Å². The highest BCUT2D eigenvalue weighted by atomic mass is 31.2. The van der Waals surface area contributed by atoms with Gasteiger partial charge in [-0.05, 0) is 98.3 Å². The second kappa shape index (κ2) is 21.2. The standard InChI is InChI=1S/C33H58NO9P/c1-23(2)12-8-13-24(3)14-9-15-25(4)16-10-17-26(5)18-11-19-27(6)20-21-41-44(39,40)43-33-30(34-28(7)36)32(38)31(37)29(22-35)42-33/h12,14,16,18,27,29-33,35,37-38H,8-11,13,15,17,19-22H2,1-7H3,(H,34,36)(H,39,40)/b24-14+,25-16+,26-18-/t27?,29-,30-,31-,32-,33-/m1/s1. The Morgan fingerprint density at radius 3 is 1.89 bits per heavy atom. The summed E-state index contributed by atoms with van der Waals surface area (Å²) in [6.45, 7) is 13.3. The molecular formula is C33H58NO9P. The van der Waals surface area contributed by atoms with Crippen molar-refractivity contribution >= 4 is 13.7 Å². The fourth-order valence-electron chi connectivity index (χ4n) is 4.84. The van der Waals surface area contributed by atoms with Crippen molar-refractivity contribution in [1.29, 1.82) is 0 Å². The minimum Gasteiger partial charge on any atom is -0.394 e. The van der Waals surface area contributed by atoms with Crippen LogP contribution in [0.4, 0.5) is 0 Å². The van der Waals surface area contributed by atoms with Gasteiger partial charge in [0.05, 0.1) is 13.2 Å². The van der Waals surface area contributed by atoms with Gasteiger partial charge in [-0.15, -0.1) is 0 Å². The van der Waals surface area contributed by atoms with Crippen molar-refractivity contribution in [2.45, 2.75) is 137 Å². The molecule has 0 spiro atoms. The lowest BCUT2D eigenvalue weighted by molar-refractivity contribution is -0.248.